The highest BCUT2D eigenvalue weighted by Crippen LogP contribution is 2.21. The van der Waals surface area contributed by atoms with Crippen molar-refractivity contribution in [2.24, 2.45) is 5.92 Å². The summed E-state index contributed by atoms with van der Waals surface area (Å²) < 4.78 is 0. The second kappa shape index (κ2) is 5.32. The molecule has 0 amide bonds. The number of nitrogens with zero attached hydrogens (tertiary/aromatic N) is 1. The van der Waals surface area contributed by atoms with Crippen LogP contribution in [0.4, 0.5) is 5.69 Å². The number of benzene rings is 1. The van der Waals surface area contributed by atoms with Gasteiger partial charge in [-0.15, -0.1) is 0 Å². The number of rotatable bonds is 4. The molecule has 1 atom stereocenters. The molecule has 1 saturated heterocycles. The van der Waals surface area contributed by atoms with Crippen molar-refractivity contribution in [3.05, 3.63) is 29.8 Å². The maximum absolute atomic E-state index is 8.90. The molecule has 3 N–H and O–H groups in total. The van der Waals surface area contributed by atoms with Gasteiger partial charge in [0.2, 0.25) is 0 Å². The first-order valence-electron chi connectivity index (χ1n) is 5.95. The van der Waals surface area contributed by atoms with Crippen LogP contribution in [0.2, 0.25) is 0 Å². The number of anilines is 1. The fraction of sp³-hybridized carbons (Fsp3) is 0.538. The minimum absolute atomic E-state index is 0.320. The first-order chi connectivity index (χ1) is 7.78. The van der Waals surface area contributed by atoms with Crippen LogP contribution in [0.3, 0.4) is 0 Å². The molecular formula is C13H20N2O. The predicted octanol–water partition coefficient (Wildman–Crippen LogP) is 1.47. The van der Waals surface area contributed by atoms with E-state index in [9.17, 15) is 0 Å². The van der Waals surface area contributed by atoms with Gasteiger partial charge in [0.1, 0.15) is 0 Å². The third-order valence-corrected chi connectivity index (χ3v) is 3.29. The molecule has 1 aliphatic rings. The molecule has 1 aliphatic heterocycles. The summed E-state index contributed by atoms with van der Waals surface area (Å²) in [7, 11) is 0. The van der Waals surface area contributed by atoms with Gasteiger partial charge in [-0.3, -0.25) is 4.90 Å². The highest BCUT2D eigenvalue weighted by atomic mass is 16.3. The van der Waals surface area contributed by atoms with E-state index in [1.165, 1.54) is 12.0 Å². The molecule has 0 aliphatic carbocycles. The second-order valence-corrected chi connectivity index (χ2v) is 4.64. The molecule has 3 heteroatoms. The monoisotopic (exact) mass is 220 g/mol. The van der Waals surface area contributed by atoms with Gasteiger partial charge in [-0.2, -0.15) is 0 Å². The fourth-order valence-corrected chi connectivity index (χ4v) is 2.36. The molecule has 1 unspecified atom stereocenters. The molecule has 0 radical (unpaired) electrons. The average molecular weight is 220 g/mol. The fourth-order valence-electron chi connectivity index (χ4n) is 2.36. The van der Waals surface area contributed by atoms with Gasteiger partial charge in [0.15, 0.2) is 0 Å². The zero-order valence-corrected chi connectivity index (χ0v) is 9.60. The molecule has 1 aromatic carbocycles. The summed E-state index contributed by atoms with van der Waals surface area (Å²) in [6.07, 6.45) is 2.16. The van der Waals surface area contributed by atoms with Crippen LogP contribution < -0.4 is 5.73 Å². The Balaban J connectivity index is 1.84. The topological polar surface area (TPSA) is 49.5 Å². The highest BCUT2D eigenvalue weighted by molar-refractivity contribution is 5.39. The molecule has 0 aromatic heterocycles. The van der Waals surface area contributed by atoms with Crippen LogP contribution in [0.5, 0.6) is 0 Å². The number of hydrogen-bond acceptors (Lipinski definition) is 3. The Morgan fingerprint density at radius 1 is 1.31 bits per heavy atom. The SMILES string of the molecule is Nc1ccc(CN2CCC(CCO)C2)cc1. The first kappa shape index (κ1) is 11.4. The van der Waals surface area contributed by atoms with Crippen molar-refractivity contribution >= 4 is 5.69 Å². The molecule has 3 nitrogen and oxygen atoms in total. The van der Waals surface area contributed by atoms with Gasteiger partial charge in [0, 0.05) is 25.4 Å². The van der Waals surface area contributed by atoms with Crippen LogP contribution in [-0.2, 0) is 6.54 Å². The zero-order chi connectivity index (χ0) is 11.4. The Morgan fingerprint density at radius 2 is 2.06 bits per heavy atom. The summed E-state index contributed by atoms with van der Waals surface area (Å²) in [4.78, 5) is 2.45. The Kier molecular flexibility index (Phi) is 3.80. The van der Waals surface area contributed by atoms with Gasteiger partial charge in [0.05, 0.1) is 0 Å². The molecule has 1 heterocycles. The maximum atomic E-state index is 8.90. The molecule has 16 heavy (non-hydrogen) atoms. The molecule has 2 rings (SSSR count). The van der Waals surface area contributed by atoms with Crippen LogP contribution in [0.1, 0.15) is 18.4 Å². The van der Waals surface area contributed by atoms with Gasteiger partial charge >= 0.3 is 0 Å². The van der Waals surface area contributed by atoms with E-state index in [0.717, 1.165) is 31.7 Å². The third kappa shape index (κ3) is 2.97. The second-order valence-electron chi connectivity index (χ2n) is 4.64. The molecule has 1 aromatic rings. The van der Waals surface area contributed by atoms with Crippen LogP contribution in [0.15, 0.2) is 24.3 Å². The van der Waals surface area contributed by atoms with Crippen molar-refractivity contribution in [2.45, 2.75) is 19.4 Å². The minimum atomic E-state index is 0.320. The van der Waals surface area contributed by atoms with E-state index in [2.05, 4.69) is 17.0 Å². The molecule has 1 fully saturated rings. The van der Waals surface area contributed by atoms with E-state index in [-0.39, 0.29) is 0 Å². The number of aliphatic hydroxyl groups is 1. The average Bonchev–Trinajstić information content (AvgIpc) is 2.70. The zero-order valence-electron chi connectivity index (χ0n) is 9.60. The largest absolute Gasteiger partial charge is 0.399 e. The van der Waals surface area contributed by atoms with Crippen molar-refractivity contribution in [3.8, 4) is 0 Å². The van der Waals surface area contributed by atoms with Gasteiger partial charge in [0.25, 0.3) is 0 Å². The highest BCUT2D eigenvalue weighted by Gasteiger charge is 2.21. The Morgan fingerprint density at radius 3 is 2.75 bits per heavy atom. The van der Waals surface area contributed by atoms with Crippen LogP contribution in [-0.4, -0.2) is 29.7 Å². The van der Waals surface area contributed by atoms with E-state index < -0.39 is 0 Å². The summed E-state index contributed by atoms with van der Waals surface area (Å²) in [5.41, 5.74) is 7.80. The van der Waals surface area contributed by atoms with Crippen LogP contribution >= 0.6 is 0 Å². The summed E-state index contributed by atoms with van der Waals surface area (Å²) in [6, 6.07) is 8.09. The third-order valence-electron chi connectivity index (χ3n) is 3.29. The number of nitrogens with two attached hydrogens (primary N) is 1. The Bertz CT molecular complexity index is 323. The van der Waals surface area contributed by atoms with E-state index in [4.69, 9.17) is 10.8 Å². The van der Waals surface area contributed by atoms with Gasteiger partial charge in [-0.1, -0.05) is 12.1 Å². The van der Waals surface area contributed by atoms with Crippen molar-refractivity contribution < 1.29 is 5.11 Å². The molecule has 0 saturated carbocycles. The lowest BCUT2D eigenvalue weighted by Crippen LogP contribution is -2.20. The summed E-state index contributed by atoms with van der Waals surface area (Å²) >= 11 is 0. The smallest absolute Gasteiger partial charge is 0.0434 e. The quantitative estimate of drug-likeness (QED) is 0.756. The minimum Gasteiger partial charge on any atom is -0.399 e. The van der Waals surface area contributed by atoms with Gasteiger partial charge in [-0.05, 0) is 43.0 Å². The maximum Gasteiger partial charge on any atom is 0.0434 e. The lowest BCUT2D eigenvalue weighted by atomic mass is 10.1. The van der Waals surface area contributed by atoms with Crippen molar-refractivity contribution in [2.75, 3.05) is 25.4 Å². The summed E-state index contributed by atoms with van der Waals surface area (Å²) in [5.74, 6) is 0.679. The van der Waals surface area contributed by atoms with Crippen LogP contribution in [0.25, 0.3) is 0 Å². The van der Waals surface area contributed by atoms with Crippen molar-refractivity contribution in [1.29, 1.82) is 0 Å². The number of aliphatic hydroxyl groups excluding tert-OH is 1. The number of likely N-dealkylation sites (tertiary alicyclic amines) is 1. The molecule has 0 spiro atoms. The van der Waals surface area contributed by atoms with E-state index in [1.807, 2.05) is 12.1 Å². The van der Waals surface area contributed by atoms with E-state index in [1.54, 1.807) is 0 Å². The van der Waals surface area contributed by atoms with Crippen molar-refractivity contribution in [1.82, 2.24) is 4.90 Å². The first-order valence-corrected chi connectivity index (χ1v) is 5.95. The lowest BCUT2D eigenvalue weighted by molar-refractivity contribution is 0.249. The Labute approximate surface area is 96.9 Å². The summed E-state index contributed by atoms with van der Waals surface area (Å²) in [6.45, 7) is 3.59. The van der Waals surface area contributed by atoms with Crippen LogP contribution in [0, 0.1) is 5.92 Å². The number of hydrogen-bond donors (Lipinski definition) is 2. The summed E-state index contributed by atoms with van der Waals surface area (Å²) in [5, 5.41) is 8.90. The van der Waals surface area contributed by atoms with E-state index >= 15 is 0 Å². The normalized spacial score (nSPS) is 21.4. The molecule has 0 bridgehead atoms. The standard InChI is InChI=1S/C13H20N2O/c14-13-3-1-11(2-4-13)9-15-7-5-12(10-15)6-8-16/h1-4,12,16H,5-10,14H2. The van der Waals surface area contributed by atoms with Crippen molar-refractivity contribution in [3.63, 3.8) is 0 Å². The number of nitrogen functional groups attached to an aromatic ring is 1. The van der Waals surface area contributed by atoms with E-state index in [0.29, 0.717) is 12.5 Å². The molecule has 88 valence electrons. The predicted molar refractivity (Wildman–Crippen MR) is 65.9 cm³/mol. The lowest BCUT2D eigenvalue weighted by Gasteiger charge is -2.15. The van der Waals surface area contributed by atoms with Gasteiger partial charge < -0.3 is 10.8 Å². The molecular weight excluding hydrogens is 200 g/mol. The Hall–Kier alpha value is -1.06. The van der Waals surface area contributed by atoms with Gasteiger partial charge in [-0.25, -0.2) is 0 Å².